The molecular formula is C24H31FN4O3. The number of halogens is 1. The van der Waals surface area contributed by atoms with Gasteiger partial charge in [0.15, 0.2) is 5.82 Å². The molecule has 172 valence electrons. The molecule has 0 aliphatic rings. The fourth-order valence-corrected chi connectivity index (χ4v) is 2.91. The largest absolute Gasteiger partial charge is 0.462 e. The van der Waals surface area contributed by atoms with E-state index < -0.39 is 6.10 Å². The summed E-state index contributed by atoms with van der Waals surface area (Å²) in [5, 5.41) is 17.7. The van der Waals surface area contributed by atoms with Gasteiger partial charge < -0.3 is 19.9 Å². The van der Waals surface area contributed by atoms with E-state index in [-0.39, 0.29) is 24.5 Å². The molecule has 1 unspecified atom stereocenters. The van der Waals surface area contributed by atoms with Crippen LogP contribution in [-0.2, 0) is 4.74 Å². The minimum atomic E-state index is -0.604. The Kier molecular flexibility index (Phi) is 8.19. The highest BCUT2D eigenvalue weighted by Crippen LogP contribution is 2.25. The number of aliphatic hydroxyl groups excluding tert-OH is 1. The third-order valence-electron chi connectivity index (χ3n) is 4.49. The van der Waals surface area contributed by atoms with Crippen molar-refractivity contribution in [2.75, 3.05) is 25.1 Å². The first-order chi connectivity index (χ1) is 15.3. The van der Waals surface area contributed by atoms with E-state index in [1.807, 2.05) is 52.0 Å². The maximum atomic E-state index is 13.8. The number of anilines is 1. The van der Waals surface area contributed by atoms with Crippen LogP contribution in [0.15, 0.2) is 48.5 Å². The Labute approximate surface area is 188 Å². The van der Waals surface area contributed by atoms with Crippen LogP contribution in [0, 0.1) is 11.7 Å². The van der Waals surface area contributed by atoms with Crippen molar-refractivity contribution in [3.8, 4) is 23.1 Å². The van der Waals surface area contributed by atoms with Crippen LogP contribution in [0.25, 0.3) is 17.1 Å². The summed E-state index contributed by atoms with van der Waals surface area (Å²) in [5.41, 5.74) is 2.21. The summed E-state index contributed by atoms with van der Waals surface area (Å²) in [7, 11) is 0. The minimum absolute atomic E-state index is 0.0771. The molecule has 0 saturated heterocycles. The lowest BCUT2D eigenvalue weighted by Gasteiger charge is -2.15. The molecule has 2 aromatic carbocycles. The van der Waals surface area contributed by atoms with E-state index in [0.29, 0.717) is 30.5 Å². The van der Waals surface area contributed by atoms with Gasteiger partial charge in [0.1, 0.15) is 5.82 Å². The molecule has 0 spiro atoms. The number of hydrogen-bond donors (Lipinski definition) is 2. The number of rotatable bonds is 11. The first-order valence-electron chi connectivity index (χ1n) is 10.8. The van der Waals surface area contributed by atoms with E-state index >= 15 is 0 Å². The van der Waals surface area contributed by atoms with Crippen molar-refractivity contribution in [3.05, 3.63) is 54.3 Å². The molecule has 3 aromatic rings. The summed E-state index contributed by atoms with van der Waals surface area (Å²) in [6, 6.07) is 14.0. The third kappa shape index (κ3) is 6.77. The summed E-state index contributed by atoms with van der Waals surface area (Å²) in [4.78, 5) is 4.49. The summed E-state index contributed by atoms with van der Waals surface area (Å²) >= 11 is 0. The average Bonchev–Trinajstić information content (AvgIpc) is 3.19. The van der Waals surface area contributed by atoms with Gasteiger partial charge in [-0.25, -0.2) is 9.07 Å². The molecular weight excluding hydrogens is 411 g/mol. The zero-order chi connectivity index (χ0) is 23.1. The Balaban J connectivity index is 1.78. The number of ether oxygens (including phenoxy) is 2. The van der Waals surface area contributed by atoms with Crippen molar-refractivity contribution >= 4 is 5.69 Å². The van der Waals surface area contributed by atoms with E-state index in [9.17, 15) is 9.50 Å². The van der Waals surface area contributed by atoms with Crippen molar-refractivity contribution in [1.82, 2.24) is 14.8 Å². The van der Waals surface area contributed by atoms with Crippen LogP contribution in [0.4, 0.5) is 10.1 Å². The van der Waals surface area contributed by atoms with Crippen LogP contribution >= 0.6 is 0 Å². The van der Waals surface area contributed by atoms with Gasteiger partial charge in [-0.05, 0) is 56.2 Å². The normalized spacial score (nSPS) is 12.4. The first kappa shape index (κ1) is 23.7. The lowest BCUT2D eigenvalue weighted by molar-refractivity contribution is 0.0112. The highest BCUT2D eigenvalue weighted by molar-refractivity contribution is 5.59. The van der Waals surface area contributed by atoms with Crippen LogP contribution in [0.2, 0.25) is 0 Å². The lowest BCUT2D eigenvalue weighted by Crippen LogP contribution is -2.26. The smallest absolute Gasteiger partial charge is 0.336 e. The highest BCUT2D eigenvalue weighted by atomic mass is 19.1. The maximum Gasteiger partial charge on any atom is 0.336 e. The summed E-state index contributed by atoms with van der Waals surface area (Å²) in [6.07, 6.45) is -0.527. The van der Waals surface area contributed by atoms with Gasteiger partial charge in [0.2, 0.25) is 0 Å². The second-order valence-electron chi connectivity index (χ2n) is 8.31. The van der Waals surface area contributed by atoms with Crippen molar-refractivity contribution in [1.29, 1.82) is 0 Å². The number of aliphatic hydroxyl groups is 1. The van der Waals surface area contributed by atoms with Gasteiger partial charge in [0.05, 0.1) is 31.1 Å². The molecule has 0 amide bonds. The molecule has 0 aliphatic heterocycles. The molecule has 0 radical (unpaired) electrons. The molecule has 0 fully saturated rings. The van der Waals surface area contributed by atoms with Crippen molar-refractivity contribution in [3.63, 3.8) is 0 Å². The second kappa shape index (κ2) is 11.1. The molecule has 1 heterocycles. The van der Waals surface area contributed by atoms with Crippen LogP contribution < -0.4 is 10.1 Å². The standard InChI is InChI=1S/C24H31FN4O3/c1-16(2)14-32-24-27-23(18-6-5-7-19(25)12-18)29(28-24)21-10-8-20(9-11-21)26-13-22(30)15-31-17(3)4/h5-12,16-17,22,26,30H,13-15H2,1-4H3. The van der Waals surface area contributed by atoms with E-state index in [1.165, 1.54) is 12.1 Å². The van der Waals surface area contributed by atoms with Crippen LogP contribution in [0.1, 0.15) is 27.7 Å². The van der Waals surface area contributed by atoms with Gasteiger partial charge in [-0.1, -0.05) is 26.0 Å². The zero-order valence-corrected chi connectivity index (χ0v) is 19.0. The summed E-state index contributed by atoms with van der Waals surface area (Å²) in [6.45, 7) is 9.08. The number of nitrogens with one attached hydrogen (secondary N) is 1. The molecule has 1 atom stereocenters. The van der Waals surface area contributed by atoms with Crippen molar-refractivity contribution in [2.24, 2.45) is 5.92 Å². The fraction of sp³-hybridized carbons (Fsp3) is 0.417. The zero-order valence-electron chi connectivity index (χ0n) is 19.0. The Hall–Kier alpha value is -2.97. The van der Waals surface area contributed by atoms with Gasteiger partial charge in [-0.2, -0.15) is 4.98 Å². The Bertz CT molecular complexity index is 989. The van der Waals surface area contributed by atoms with Gasteiger partial charge in [-0.15, -0.1) is 5.10 Å². The number of hydrogen-bond acceptors (Lipinski definition) is 6. The quantitative estimate of drug-likeness (QED) is 0.461. The van der Waals surface area contributed by atoms with Gasteiger partial charge in [0, 0.05) is 17.8 Å². The predicted molar refractivity (Wildman–Crippen MR) is 123 cm³/mol. The number of benzene rings is 2. The Morgan fingerprint density at radius 3 is 2.47 bits per heavy atom. The molecule has 0 saturated carbocycles. The van der Waals surface area contributed by atoms with E-state index in [0.717, 1.165) is 11.4 Å². The summed E-state index contributed by atoms with van der Waals surface area (Å²) in [5.74, 6) is 0.470. The van der Waals surface area contributed by atoms with E-state index in [4.69, 9.17) is 9.47 Å². The van der Waals surface area contributed by atoms with Crippen LogP contribution in [0.5, 0.6) is 6.01 Å². The fourth-order valence-electron chi connectivity index (χ4n) is 2.91. The molecule has 0 bridgehead atoms. The Morgan fingerprint density at radius 2 is 1.81 bits per heavy atom. The summed E-state index contributed by atoms with van der Waals surface area (Å²) < 4.78 is 26.6. The van der Waals surface area contributed by atoms with Crippen LogP contribution in [0.3, 0.4) is 0 Å². The molecule has 1 aromatic heterocycles. The number of nitrogens with zero attached hydrogens (tertiary/aromatic N) is 3. The van der Waals surface area contributed by atoms with Crippen molar-refractivity contribution in [2.45, 2.75) is 39.9 Å². The average molecular weight is 443 g/mol. The minimum Gasteiger partial charge on any atom is -0.462 e. The number of aromatic nitrogens is 3. The van der Waals surface area contributed by atoms with Gasteiger partial charge in [-0.3, -0.25) is 0 Å². The monoisotopic (exact) mass is 442 g/mol. The molecule has 7 nitrogen and oxygen atoms in total. The Morgan fingerprint density at radius 1 is 1.06 bits per heavy atom. The van der Waals surface area contributed by atoms with Gasteiger partial charge >= 0.3 is 6.01 Å². The molecule has 3 rings (SSSR count). The second-order valence-corrected chi connectivity index (χ2v) is 8.31. The van der Waals surface area contributed by atoms with Gasteiger partial charge in [0.25, 0.3) is 0 Å². The van der Waals surface area contributed by atoms with Crippen LogP contribution in [-0.4, -0.2) is 51.8 Å². The molecule has 8 heteroatoms. The topological polar surface area (TPSA) is 81.4 Å². The molecule has 2 N–H and O–H groups in total. The molecule has 32 heavy (non-hydrogen) atoms. The maximum absolute atomic E-state index is 13.8. The SMILES string of the molecule is CC(C)COc1nc(-c2cccc(F)c2)n(-c2ccc(NCC(O)COC(C)C)cc2)n1. The predicted octanol–water partition coefficient (Wildman–Crippen LogP) is 4.31. The van der Waals surface area contributed by atoms with E-state index in [1.54, 1.807) is 16.8 Å². The third-order valence-corrected chi connectivity index (χ3v) is 4.49. The van der Waals surface area contributed by atoms with E-state index in [2.05, 4.69) is 15.4 Å². The highest BCUT2D eigenvalue weighted by Gasteiger charge is 2.16. The molecule has 0 aliphatic carbocycles. The first-order valence-corrected chi connectivity index (χ1v) is 10.8. The van der Waals surface area contributed by atoms with Crippen molar-refractivity contribution < 1.29 is 19.0 Å². The lowest BCUT2D eigenvalue weighted by atomic mass is 10.2.